The highest BCUT2D eigenvalue weighted by Crippen LogP contribution is 2.39. The maximum Gasteiger partial charge on any atom is 0.328 e. The van der Waals surface area contributed by atoms with Crippen LogP contribution in [0.5, 0.6) is 0 Å². The summed E-state index contributed by atoms with van der Waals surface area (Å²) in [6.07, 6.45) is 2.55. The largest absolute Gasteiger partial charge is 0.480 e. The molecular formula is C31H37N7O6. The van der Waals surface area contributed by atoms with Gasteiger partial charge in [0, 0.05) is 50.9 Å². The van der Waals surface area contributed by atoms with Crippen molar-refractivity contribution in [1.82, 2.24) is 30.0 Å². The molecule has 1 spiro atoms. The fraction of sp³-hybridized carbons (Fsp3) is 0.452. The number of likely N-dealkylation sites (tertiary alicyclic amines) is 2. The fourth-order valence-electron chi connectivity index (χ4n) is 6.93. The molecule has 44 heavy (non-hydrogen) atoms. The number of carboxylic acids is 1. The van der Waals surface area contributed by atoms with Gasteiger partial charge < -0.3 is 35.4 Å². The number of benzene rings is 2. The standard InChI is InChI=1S/C31H37N7O6/c39-26-12-17-37(21-6-2-1-3-7-21)31(26)13-18-36(19-14-31)28(42)32-20-24(27(40)41)34-29(43)35-15-10-22(11-16-35)38-25-9-5-4-8-23(25)33-30(38)44/h1-9,22,24H,10-20H2,(H,32,42)(H,33,44)(H,34,43)(H,40,41)/t24-/m0/s1. The lowest BCUT2D eigenvalue weighted by atomic mass is 9.83. The number of rotatable bonds is 6. The Morgan fingerprint density at radius 3 is 2.25 bits per heavy atom. The zero-order chi connectivity index (χ0) is 30.8. The minimum atomic E-state index is -1.32. The molecule has 0 aliphatic carbocycles. The first-order chi connectivity index (χ1) is 21.3. The second-order valence-electron chi connectivity index (χ2n) is 11.7. The van der Waals surface area contributed by atoms with Gasteiger partial charge in [0.25, 0.3) is 0 Å². The van der Waals surface area contributed by atoms with Gasteiger partial charge in [0.1, 0.15) is 11.6 Å². The van der Waals surface area contributed by atoms with E-state index in [1.165, 1.54) is 4.90 Å². The van der Waals surface area contributed by atoms with Crippen LogP contribution in [0, 0.1) is 0 Å². The second kappa shape index (κ2) is 12.1. The number of nitrogens with one attached hydrogen (secondary N) is 3. The van der Waals surface area contributed by atoms with Crippen molar-refractivity contribution in [3.05, 3.63) is 65.1 Å². The summed E-state index contributed by atoms with van der Waals surface area (Å²) in [5.41, 5.74) is 1.74. The number of H-pyrrole nitrogens is 1. The molecular weight excluding hydrogens is 566 g/mol. The highest BCUT2D eigenvalue weighted by Gasteiger charge is 2.50. The lowest BCUT2D eigenvalue weighted by Crippen LogP contribution is -2.59. The molecule has 3 aromatic rings. The Bertz CT molecular complexity index is 1600. The molecule has 4 heterocycles. The van der Waals surface area contributed by atoms with E-state index in [-0.39, 0.29) is 24.1 Å². The van der Waals surface area contributed by atoms with Crippen molar-refractivity contribution >= 4 is 40.5 Å². The molecule has 3 saturated heterocycles. The van der Waals surface area contributed by atoms with Crippen LogP contribution in [0.4, 0.5) is 15.3 Å². The predicted molar refractivity (Wildman–Crippen MR) is 163 cm³/mol. The quantitative estimate of drug-likeness (QED) is 0.336. The summed E-state index contributed by atoms with van der Waals surface area (Å²) in [5.74, 6) is -1.07. The van der Waals surface area contributed by atoms with Gasteiger partial charge in [-0.2, -0.15) is 0 Å². The monoisotopic (exact) mass is 603 g/mol. The highest BCUT2D eigenvalue weighted by atomic mass is 16.4. The van der Waals surface area contributed by atoms with Crippen molar-refractivity contribution in [2.75, 3.05) is 44.2 Å². The van der Waals surface area contributed by atoms with E-state index in [9.17, 15) is 29.1 Å². The zero-order valence-corrected chi connectivity index (χ0v) is 24.4. The van der Waals surface area contributed by atoms with Crippen LogP contribution in [-0.4, -0.2) is 99.1 Å². The summed E-state index contributed by atoms with van der Waals surface area (Å²) in [4.78, 5) is 71.6. The summed E-state index contributed by atoms with van der Waals surface area (Å²) >= 11 is 0. The minimum absolute atomic E-state index is 0.0831. The summed E-state index contributed by atoms with van der Waals surface area (Å²) < 4.78 is 1.73. The average molecular weight is 604 g/mol. The van der Waals surface area contributed by atoms with Gasteiger partial charge in [-0.3, -0.25) is 9.36 Å². The maximum absolute atomic E-state index is 13.0. The maximum atomic E-state index is 13.0. The number of carboxylic acid groups (broad SMARTS) is 1. The molecule has 4 N–H and O–H groups in total. The van der Waals surface area contributed by atoms with Crippen molar-refractivity contribution in [3.8, 4) is 0 Å². The Hall–Kier alpha value is -4.81. The van der Waals surface area contributed by atoms with Gasteiger partial charge in [-0.1, -0.05) is 30.3 Å². The van der Waals surface area contributed by atoms with Gasteiger partial charge in [0.05, 0.1) is 17.6 Å². The molecule has 3 aliphatic heterocycles. The number of hydrogen-bond donors (Lipinski definition) is 4. The number of carbonyl (C=O) groups is 4. The number of para-hydroxylation sites is 3. The van der Waals surface area contributed by atoms with Gasteiger partial charge in [0.15, 0.2) is 5.78 Å². The lowest BCUT2D eigenvalue weighted by Gasteiger charge is -2.44. The number of piperidine rings is 2. The van der Waals surface area contributed by atoms with Crippen LogP contribution in [0.2, 0.25) is 0 Å². The molecule has 2 aromatic carbocycles. The number of anilines is 1. The Kier molecular flexibility index (Phi) is 8.02. The van der Waals surface area contributed by atoms with Gasteiger partial charge >= 0.3 is 23.7 Å². The SMILES string of the molecule is O=C(O)[C@H](CNC(=O)N1CCC2(CC1)C(=O)CCN2c1ccccc1)NC(=O)N1CCC(n2c(=O)[nH]c3ccccc32)CC1. The third-order valence-electron chi connectivity index (χ3n) is 9.34. The summed E-state index contributed by atoms with van der Waals surface area (Å²) in [6.45, 7) is 1.80. The van der Waals surface area contributed by atoms with E-state index in [1.54, 1.807) is 9.47 Å². The topological polar surface area (TPSA) is 160 Å². The van der Waals surface area contributed by atoms with Gasteiger partial charge in [-0.15, -0.1) is 0 Å². The van der Waals surface area contributed by atoms with E-state index in [4.69, 9.17) is 0 Å². The molecule has 1 aromatic heterocycles. The molecule has 0 bridgehead atoms. The van der Waals surface area contributed by atoms with Crippen molar-refractivity contribution in [1.29, 1.82) is 0 Å². The van der Waals surface area contributed by atoms with Crippen LogP contribution >= 0.6 is 0 Å². The van der Waals surface area contributed by atoms with E-state index < -0.39 is 29.6 Å². The number of ketones is 1. The molecule has 0 saturated carbocycles. The molecule has 4 amide bonds. The van der Waals surface area contributed by atoms with Gasteiger partial charge in [0.2, 0.25) is 0 Å². The van der Waals surface area contributed by atoms with E-state index in [0.29, 0.717) is 64.8 Å². The summed E-state index contributed by atoms with van der Waals surface area (Å²) in [6, 6.07) is 14.9. The van der Waals surface area contributed by atoms with E-state index in [1.807, 2.05) is 54.6 Å². The van der Waals surface area contributed by atoms with Crippen molar-refractivity contribution < 1.29 is 24.3 Å². The number of hydrogen-bond acceptors (Lipinski definition) is 6. The molecule has 3 aliphatic rings. The smallest absolute Gasteiger partial charge is 0.328 e. The van der Waals surface area contributed by atoms with Crippen LogP contribution in [0.3, 0.4) is 0 Å². The molecule has 13 heteroatoms. The Morgan fingerprint density at radius 2 is 1.55 bits per heavy atom. The number of aromatic amines is 1. The van der Waals surface area contributed by atoms with Crippen molar-refractivity contribution in [2.45, 2.75) is 49.7 Å². The summed E-state index contributed by atoms with van der Waals surface area (Å²) in [5, 5.41) is 15.0. The number of fused-ring (bicyclic) bond motifs is 1. The van der Waals surface area contributed by atoms with Gasteiger partial charge in [-0.05, 0) is 49.9 Å². The average Bonchev–Trinajstić information content (AvgIpc) is 3.54. The molecule has 0 radical (unpaired) electrons. The van der Waals surface area contributed by atoms with Gasteiger partial charge in [-0.25, -0.2) is 19.2 Å². The second-order valence-corrected chi connectivity index (χ2v) is 11.7. The van der Waals surface area contributed by atoms with Crippen LogP contribution < -0.4 is 21.2 Å². The molecule has 0 unspecified atom stereocenters. The first kappa shape index (κ1) is 29.3. The Labute approximate surface area is 253 Å². The molecule has 1 atom stereocenters. The van der Waals surface area contributed by atoms with Crippen molar-refractivity contribution in [2.24, 2.45) is 0 Å². The number of aromatic nitrogens is 2. The van der Waals surface area contributed by atoms with Crippen LogP contribution in [0.25, 0.3) is 11.0 Å². The summed E-state index contributed by atoms with van der Waals surface area (Å²) in [7, 11) is 0. The first-order valence-corrected chi connectivity index (χ1v) is 15.1. The first-order valence-electron chi connectivity index (χ1n) is 15.1. The highest BCUT2D eigenvalue weighted by molar-refractivity contribution is 5.96. The normalized spacial score (nSPS) is 19.4. The molecule has 232 valence electrons. The Balaban J connectivity index is 0.998. The van der Waals surface area contributed by atoms with Crippen molar-refractivity contribution in [3.63, 3.8) is 0 Å². The lowest BCUT2D eigenvalue weighted by molar-refractivity contribution is -0.139. The number of Topliss-reactive ketones (excluding diaryl/α,β-unsaturated/α-hetero) is 1. The molecule has 13 nitrogen and oxygen atoms in total. The van der Waals surface area contributed by atoms with Crippen LogP contribution in [-0.2, 0) is 9.59 Å². The molecule has 3 fully saturated rings. The van der Waals surface area contributed by atoms with E-state index in [0.717, 1.165) is 16.7 Å². The zero-order valence-electron chi connectivity index (χ0n) is 24.4. The molecule has 6 rings (SSSR count). The number of nitrogens with zero attached hydrogens (tertiary/aromatic N) is 4. The number of urea groups is 2. The fourth-order valence-corrected chi connectivity index (χ4v) is 6.93. The number of amides is 4. The van der Waals surface area contributed by atoms with E-state index >= 15 is 0 Å². The number of carbonyl (C=O) groups excluding carboxylic acids is 3. The predicted octanol–water partition coefficient (Wildman–Crippen LogP) is 2.15. The minimum Gasteiger partial charge on any atom is -0.480 e. The van der Waals surface area contributed by atoms with Crippen LogP contribution in [0.15, 0.2) is 59.4 Å². The number of aliphatic carboxylic acids is 1. The Morgan fingerprint density at radius 1 is 0.886 bits per heavy atom. The number of imidazole rings is 1. The van der Waals surface area contributed by atoms with E-state index in [2.05, 4.69) is 20.5 Å². The third-order valence-corrected chi connectivity index (χ3v) is 9.34. The van der Waals surface area contributed by atoms with Crippen LogP contribution in [0.1, 0.15) is 38.1 Å². The third kappa shape index (κ3) is 5.49.